The fourth-order valence-electron chi connectivity index (χ4n) is 3.61. The summed E-state index contributed by atoms with van der Waals surface area (Å²) in [6, 6.07) is 9.34. The number of halogens is 2. The highest BCUT2D eigenvalue weighted by atomic mass is 35.5. The Morgan fingerprint density at radius 2 is 1.94 bits per heavy atom. The van der Waals surface area contributed by atoms with Crippen LogP contribution in [0.15, 0.2) is 48.9 Å². The molecule has 1 aliphatic carbocycles. The van der Waals surface area contributed by atoms with Gasteiger partial charge in [-0.05, 0) is 55.9 Å². The van der Waals surface area contributed by atoms with Crippen molar-refractivity contribution in [3.05, 3.63) is 70.5 Å². The fraction of sp³-hybridized carbons (Fsp3) is 0.304. The van der Waals surface area contributed by atoms with Crippen LogP contribution >= 0.6 is 23.2 Å². The second kappa shape index (κ2) is 8.81. The highest BCUT2D eigenvalue weighted by molar-refractivity contribution is 6.36. The summed E-state index contributed by atoms with van der Waals surface area (Å²) in [6.45, 7) is 0.764. The van der Waals surface area contributed by atoms with Gasteiger partial charge in [0.25, 0.3) is 0 Å². The largest absolute Gasteiger partial charge is 0.355 e. The Balaban J connectivity index is 1.28. The van der Waals surface area contributed by atoms with E-state index in [0.29, 0.717) is 10.0 Å². The van der Waals surface area contributed by atoms with E-state index >= 15 is 0 Å². The summed E-state index contributed by atoms with van der Waals surface area (Å²) in [5, 5.41) is 4.60. The van der Waals surface area contributed by atoms with Crippen LogP contribution in [0, 0.1) is 5.92 Å². The molecule has 8 heteroatoms. The minimum atomic E-state index is 0.563. The van der Waals surface area contributed by atoms with Gasteiger partial charge in [0.05, 0.1) is 10.7 Å². The number of fused-ring (bicyclic) bond motifs is 1. The Kier molecular flexibility index (Phi) is 5.74. The number of nitrogens with zero attached hydrogens (tertiary/aromatic N) is 5. The van der Waals surface area contributed by atoms with Gasteiger partial charge in [-0.2, -0.15) is 0 Å². The lowest BCUT2D eigenvalue weighted by Crippen LogP contribution is -2.10. The summed E-state index contributed by atoms with van der Waals surface area (Å²) in [7, 11) is 0. The van der Waals surface area contributed by atoms with Gasteiger partial charge in [-0.25, -0.2) is 19.9 Å². The molecule has 0 amide bonds. The van der Waals surface area contributed by atoms with Gasteiger partial charge in [-0.1, -0.05) is 23.2 Å². The van der Waals surface area contributed by atoms with Crippen molar-refractivity contribution in [1.82, 2.24) is 24.3 Å². The van der Waals surface area contributed by atoms with Crippen LogP contribution in [0.4, 0.5) is 5.95 Å². The molecule has 5 rings (SSSR count). The summed E-state index contributed by atoms with van der Waals surface area (Å²) < 4.78 is 1.94. The first-order valence-electron chi connectivity index (χ1n) is 10.5. The molecule has 1 aliphatic rings. The van der Waals surface area contributed by atoms with Gasteiger partial charge >= 0.3 is 0 Å². The van der Waals surface area contributed by atoms with Gasteiger partial charge < -0.3 is 5.32 Å². The Morgan fingerprint density at radius 3 is 2.77 bits per heavy atom. The molecule has 31 heavy (non-hydrogen) atoms. The zero-order valence-electron chi connectivity index (χ0n) is 16.9. The van der Waals surface area contributed by atoms with Gasteiger partial charge in [0, 0.05) is 53.9 Å². The van der Waals surface area contributed by atoms with Crippen LogP contribution in [-0.2, 0) is 12.8 Å². The smallest absolute Gasteiger partial charge is 0.209 e. The molecule has 3 aromatic heterocycles. The number of anilines is 1. The maximum atomic E-state index is 6.40. The second-order valence-electron chi connectivity index (χ2n) is 7.89. The van der Waals surface area contributed by atoms with Crippen molar-refractivity contribution < 1.29 is 0 Å². The van der Waals surface area contributed by atoms with E-state index in [-0.39, 0.29) is 0 Å². The van der Waals surface area contributed by atoms with Gasteiger partial charge in [-0.15, -0.1) is 0 Å². The quantitative estimate of drug-likeness (QED) is 0.358. The third-order valence-electron chi connectivity index (χ3n) is 5.42. The summed E-state index contributed by atoms with van der Waals surface area (Å²) in [5.41, 5.74) is 3.47. The number of rotatable bonds is 8. The molecule has 158 valence electrons. The van der Waals surface area contributed by atoms with Crippen LogP contribution in [0.1, 0.15) is 30.8 Å². The van der Waals surface area contributed by atoms with E-state index in [2.05, 4.69) is 15.3 Å². The van der Waals surface area contributed by atoms with Gasteiger partial charge in [-0.3, -0.25) is 4.40 Å². The van der Waals surface area contributed by atoms with Crippen molar-refractivity contribution in [3.63, 3.8) is 0 Å². The van der Waals surface area contributed by atoms with E-state index < -0.39 is 0 Å². The number of imidazole rings is 1. The minimum Gasteiger partial charge on any atom is -0.355 e. The molecule has 0 saturated heterocycles. The molecule has 1 aromatic carbocycles. The zero-order valence-corrected chi connectivity index (χ0v) is 18.4. The first-order valence-corrected chi connectivity index (χ1v) is 11.3. The van der Waals surface area contributed by atoms with Crippen molar-refractivity contribution in [2.24, 2.45) is 5.92 Å². The van der Waals surface area contributed by atoms with Crippen LogP contribution in [0.2, 0.25) is 10.0 Å². The normalized spacial score (nSPS) is 13.6. The van der Waals surface area contributed by atoms with E-state index in [0.717, 1.165) is 66.1 Å². The number of benzene rings is 1. The Labute approximate surface area is 190 Å². The molecule has 0 aliphatic heterocycles. The monoisotopic (exact) mass is 452 g/mol. The lowest BCUT2D eigenvalue weighted by Gasteiger charge is -2.11. The lowest BCUT2D eigenvalue weighted by atomic mass is 10.1. The van der Waals surface area contributed by atoms with Crippen molar-refractivity contribution in [1.29, 1.82) is 0 Å². The predicted molar refractivity (Wildman–Crippen MR) is 124 cm³/mol. The van der Waals surface area contributed by atoms with Crippen molar-refractivity contribution in [3.8, 4) is 11.3 Å². The maximum absolute atomic E-state index is 6.40. The van der Waals surface area contributed by atoms with Gasteiger partial charge in [0.1, 0.15) is 11.5 Å². The molecule has 1 fully saturated rings. The number of hydrogen-bond donors (Lipinski definition) is 1. The van der Waals surface area contributed by atoms with Gasteiger partial charge in [0.2, 0.25) is 5.95 Å². The first-order chi connectivity index (χ1) is 15.2. The molecule has 4 aromatic rings. The molecule has 0 spiro atoms. The van der Waals surface area contributed by atoms with E-state index in [9.17, 15) is 0 Å². The van der Waals surface area contributed by atoms with Crippen molar-refractivity contribution >= 4 is 34.8 Å². The molecule has 1 saturated carbocycles. The summed E-state index contributed by atoms with van der Waals surface area (Å²) in [4.78, 5) is 18.3. The molecule has 0 radical (unpaired) electrons. The number of nitrogens with one attached hydrogen (secondary N) is 1. The number of aryl methyl sites for hydroxylation is 1. The van der Waals surface area contributed by atoms with Crippen molar-refractivity contribution in [2.45, 2.75) is 32.1 Å². The number of aromatic nitrogens is 5. The van der Waals surface area contributed by atoms with Gasteiger partial charge in [0.15, 0.2) is 0 Å². The van der Waals surface area contributed by atoms with Crippen LogP contribution < -0.4 is 5.32 Å². The molecular formula is C23H22Cl2N6. The second-order valence-corrected chi connectivity index (χ2v) is 8.73. The zero-order chi connectivity index (χ0) is 21.2. The average molecular weight is 453 g/mol. The van der Waals surface area contributed by atoms with Crippen LogP contribution in [-0.4, -0.2) is 30.9 Å². The third kappa shape index (κ3) is 4.81. The Bertz CT molecular complexity index is 1220. The fourth-order valence-corrected chi connectivity index (χ4v) is 4.12. The maximum Gasteiger partial charge on any atom is 0.209 e. The van der Waals surface area contributed by atoms with Crippen LogP contribution in [0.3, 0.4) is 0 Å². The summed E-state index contributed by atoms with van der Waals surface area (Å²) in [5.74, 6) is 2.50. The summed E-state index contributed by atoms with van der Waals surface area (Å²) in [6.07, 6.45) is 11.0. The molecule has 3 heterocycles. The van der Waals surface area contributed by atoms with Crippen LogP contribution in [0.25, 0.3) is 16.9 Å². The molecule has 0 unspecified atom stereocenters. The van der Waals surface area contributed by atoms with Crippen molar-refractivity contribution in [2.75, 3.05) is 11.9 Å². The Hall–Kier alpha value is -2.70. The van der Waals surface area contributed by atoms with E-state index in [1.165, 1.54) is 12.8 Å². The highest BCUT2D eigenvalue weighted by Crippen LogP contribution is 2.32. The molecule has 0 bridgehead atoms. The molecular weight excluding hydrogens is 431 g/mol. The van der Waals surface area contributed by atoms with Crippen LogP contribution in [0.5, 0.6) is 0 Å². The predicted octanol–water partition coefficient (Wildman–Crippen LogP) is 5.49. The topological polar surface area (TPSA) is 68.0 Å². The van der Waals surface area contributed by atoms with E-state index in [1.54, 1.807) is 12.3 Å². The minimum absolute atomic E-state index is 0.563. The lowest BCUT2D eigenvalue weighted by molar-refractivity contribution is 0.743. The molecule has 1 N–H and O–H groups in total. The SMILES string of the molecule is Clc1ccc(-c2cc3nccn3c(NCCCc3ccnc(CC4CC4)n3)n2)c(Cl)c1. The highest BCUT2D eigenvalue weighted by Gasteiger charge is 2.22. The number of hydrogen-bond acceptors (Lipinski definition) is 5. The van der Waals surface area contributed by atoms with E-state index in [1.807, 2.05) is 41.1 Å². The van der Waals surface area contributed by atoms with E-state index in [4.69, 9.17) is 33.2 Å². The first kappa shape index (κ1) is 20.2. The standard InChI is InChI=1S/C23H22Cl2N6/c24-16-5-6-18(19(25)13-16)20-14-22-27-10-11-31(22)23(30-20)28-8-1-2-17-7-9-26-21(29-17)12-15-3-4-15/h5-7,9-11,13-15H,1-4,8,12H2,(H,28,30). The Morgan fingerprint density at radius 1 is 1.03 bits per heavy atom. The molecule has 6 nitrogen and oxygen atoms in total. The third-order valence-corrected chi connectivity index (χ3v) is 5.97. The molecule has 0 atom stereocenters. The summed E-state index contributed by atoms with van der Waals surface area (Å²) >= 11 is 12.4. The average Bonchev–Trinajstić information content (AvgIpc) is 3.43.